The monoisotopic (exact) mass is 337 g/mol. The van der Waals surface area contributed by atoms with Gasteiger partial charge in [0, 0.05) is 30.4 Å². The van der Waals surface area contributed by atoms with Gasteiger partial charge in [-0.15, -0.1) is 11.8 Å². The standard InChI is InChI=1S/C19H19N3OS/c23-19(14-24-18-4-2-1-3-5-18)21-12-16-6-8-17(9-7-16)13-22-11-10-20-15-22/h1-11,15H,12-14H2,(H,21,23). The molecule has 0 saturated carbocycles. The second-order valence-corrected chi connectivity index (χ2v) is 6.48. The summed E-state index contributed by atoms with van der Waals surface area (Å²) < 4.78 is 2.03. The number of amides is 1. The van der Waals surface area contributed by atoms with Crippen LogP contribution in [0.2, 0.25) is 0 Å². The molecule has 0 aliphatic heterocycles. The predicted molar refractivity (Wildman–Crippen MR) is 96.8 cm³/mol. The van der Waals surface area contributed by atoms with Crippen molar-refractivity contribution in [2.24, 2.45) is 0 Å². The molecule has 1 heterocycles. The molecule has 0 saturated heterocycles. The number of carbonyl (C=O) groups excluding carboxylic acids is 1. The Morgan fingerprint density at radius 2 is 1.79 bits per heavy atom. The third-order valence-corrected chi connectivity index (χ3v) is 4.56. The predicted octanol–water partition coefficient (Wildman–Crippen LogP) is 3.34. The Kier molecular flexibility index (Phi) is 5.69. The first-order chi connectivity index (χ1) is 11.8. The second kappa shape index (κ2) is 8.36. The van der Waals surface area contributed by atoms with Gasteiger partial charge < -0.3 is 9.88 Å². The maximum atomic E-state index is 11.9. The zero-order valence-corrected chi connectivity index (χ0v) is 14.1. The van der Waals surface area contributed by atoms with E-state index in [1.54, 1.807) is 24.3 Å². The first-order valence-corrected chi connectivity index (χ1v) is 8.76. The third-order valence-electron chi connectivity index (χ3n) is 3.55. The molecular weight excluding hydrogens is 318 g/mol. The molecule has 0 bridgehead atoms. The summed E-state index contributed by atoms with van der Waals surface area (Å²) in [5.41, 5.74) is 2.31. The fourth-order valence-corrected chi connectivity index (χ4v) is 3.02. The van der Waals surface area contributed by atoms with Gasteiger partial charge in [-0.25, -0.2) is 4.98 Å². The summed E-state index contributed by atoms with van der Waals surface area (Å²) in [6.07, 6.45) is 5.52. The molecule has 0 spiro atoms. The van der Waals surface area contributed by atoms with E-state index in [0.717, 1.165) is 17.0 Å². The highest BCUT2D eigenvalue weighted by atomic mass is 32.2. The minimum Gasteiger partial charge on any atom is -0.351 e. The number of nitrogens with zero attached hydrogens (tertiary/aromatic N) is 2. The molecule has 122 valence electrons. The Bertz CT molecular complexity index is 755. The number of imidazole rings is 1. The number of hydrogen-bond acceptors (Lipinski definition) is 3. The van der Waals surface area contributed by atoms with Crippen LogP contribution in [0.4, 0.5) is 0 Å². The van der Waals surface area contributed by atoms with E-state index in [4.69, 9.17) is 0 Å². The Morgan fingerprint density at radius 1 is 1.04 bits per heavy atom. The lowest BCUT2D eigenvalue weighted by atomic mass is 10.1. The van der Waals surface area contributed by atoms with Gasteiger partial charge in [0.05, 0.1) is 12.1 Å². The Hall–Kier alpha value is -2.53. The lowest BCUT2D eigenvalue weighted by molar-refractivity contribution is -0.118. The van der Waals surface area contributed by atoms with Gasteiger partial charge in [0.1, 0.15) is 0 Å². The van der Waals surface area contributed by atoms with Crippen molar-refractivity contribution in [1.29, 1.82) is 0 Å². The first-order valence-electron chi connectivity index (χ1n) is 7.78. The second-order valence-electron chi connectivity index (χ2n) is 5.43. The van der Waals surface area contributed by atoms with Crippen molar-refractivity contribution in [3.63, 3.8) is 0 Å². The van der Waals surface area contributed by atoms with Gasteiger partial charge in [0.15, 0.2) is 0 Å². The van der Waals surface area contributed by atoms with Crippen LogP contribution in [0.25, 0.3) is 0 Å². The highest BCUT2D eigenvalue weighted by Gasteiger charge is 2.03. The fourth-order valence-electron chi connectivity index (χ4n) is 2.27. The smallest absolute Gasteiger partial charge is 0.230 e. The Morgan fingerprint density at radius 3 is 2.50 bits per heavy atom. The minimum absolute atomic E-state index is 0.0475. The first kappa shape index (κ1) is 16.3. The van der Waals surface area contributed by atoms with Crippen LogP contribution in [0.1, 0.15) is 11.1 Å². The van der Waals surface area contributed by atoms with Crippen molar-refractivity contribution in [1.82, 2.24) is 14.9 Å². The van der Waals surface area contributed by atoms with Crippen LogP contribution in [-0.2, 0) is 17.9 Å². The lowest BCUT2D eigenvalue weighted by Crippen LogP contribution is -2.24. The van der Waals surface area contributed by atoms with E-state index in [0.29, 0.717) is 12.3 Å². The molecule has 3 rings (SSSR count). The van der Waals surface area contributed by atoms with Crippen LogP contribution in [0.3, 0.4) is 0 Å². The molecule has 1 amide bonds. The molecule has 24 heavy (non-hydrogen) atoms. The molecule has 0 radical (unpaired) electrons. The number of thioether (sulfide) groups is 1. The SMILES string of the molecule is O=C(CSc1ccccc1)NCc1ccc(Cn2ccnc2)cc1. The van der Waals surface area contributed by atoms with Crippen LogP contribution in [0.5, 0.6) is 0 Å². The molecule has 4 nitrogen and oxygen atoms in total. The van der Waals surface area contributed by atoms with Gasteiger partial charge in [-0.1, -0.05) is 42.5 Å². The molecule has 1 N–H and O–H groups in total. The van der Waals surface area contributed by atoms with Gasteiger partial charge in [-0.2, -0.15) is 0 Å². The largest absolute Gasteiger partial charge is 0.351 e. The zero-order valence-electron chi connectivity index (χ0n) is 13.3. The molecule has 1 aromatic heterocycles. The van der Waals surface area contributed by atoms with Gasteiger partial charge >= 0.3 is 0 Å². The van der Waals surface area contributed by atoms with Gasteiger partial charge in [0.2, 0.25) is 5.91 Å². The minimum atomic E-state index is 0.0475. The third kappa shape index (κ3) is 4.99. The summed E-state index contributed by atoms with van der Waals surface area (Å²) in [5, 5.41) is 2.96. The molecule has 0 fully saturated rings. The molecule has 0 aliphatic carbocycles. The number of aromatic nitrogens is 2. The van der Waals surface area contributed by atoms with Crippen molar-refractivity contribution in [2.45, 2.75) is 18.0 Å². The number of hydrogen-bond donors (Lipinski definition) is 1. The van der Waals surface area contributed by atoms with Crippen molar-refractivity contribution in [3.8, 4) is 0 Å². The molecule has 0 atom stereocenters. The maximum absolute atomic E-state index is 11.9. The Balaban J connectivity index is 1.43. The fraction of sp³-hybridized carbons (Fsp3) is 0.158. The molecular formula is C19H19N3OS. The van der Waals surface area contributed by atoms with E-state index in [1.165, 1.54) is 5.56 Å². The van der Waals surface area contributed by atoms with Gasteiger partial charge in [-0.05, 0) is 23.3 Å². The molecule has 0 unspecified atom stereocenters. The quantitative estimate of drug-likeness (QED) is 0.673. The van der Waals surface area contributed by atoms with Crippen molar-refractivity contribution >= 4 is 17.7 Å². The van der Waals surface area contributed by atoms with E-state index in [2.05, 4.69) is 34.6 Å². The summed E-state index contributed by atoms with van der Waals surface area (Å²) in [6, 6.07) is 18.2. The average Bonchev–Trinajstić information content (AvgIpc) is 3.13. The molecule has 3 aromatic rings. The van der Waals surface area contributed by atoms with E-state index >= 15 is 0 Å². The van der Waals surface area contributed by atoms with Crippen molar-refractivity contribution in [3.05, 3.63) is 84.4 Å². The number of rotatable bonds is 7. The summed E-state index contributed by atoms with van der Waals surface area (Å²) in [4.78, 5) is 17.1. The van der Waals surface area contributed by atoms with Crippen molar-refractivity contribution in [2.75, 3.05) is 5.75 Å². The summed E-state index contributed by atoms with van der Waals surface area (Å²) >= 11 is 1.55. The highest BCUT2D eigenvalue weighted by molar-refractivity contribution is 8.00. The highest BCUT2D eigenvalue weighted by Crippen LogP contribution is 2.16. The topological polar surface area (TPSA) is 46.9 Å². The number of carbonyl (C=O) groups is 1. The van der Waals surface area contributed by atoms with Crippen molar-refractivity contribution < 1.29 is 4.79 Å². The van der Waals surface area contributed by atoms with Crippen LogP contribution in [0, 0.1) is 0 Å². The van der Waals surface area contributed by atoms with E-state index in [9.17, 15) is 4.79 Å². The summed E-state index contributed by atoms with van der Waals surface area (Å²) in [7, 11) is 0. The average molecular weight is 337 g/mol. The number of nitrogens with one attached hydrogen (secondary N) is 1. The Labute approximate surface area is 145 Å². The van der Waals surface area contributed by atoms with Crippen LogP contribution >= 0.6 is 11.8 Å². The van der Waals surface area contributed by atoms with Crippen LogP contribution in [0.15, 0.2) is 78.2 Å². The molecule has 5 heteroatoms. The van der Waals surface area contributed by atoms with E-state index in [1.807, 2.05) is 41.1 Å². The normalized spacial score (nSPS) is 10.5. The number of benzene rings is 2. The maximum Gasteiger partial charge on any atom is 0.230 e. The van der Waals surface area contributed by atoms with Crippen LogP contribution in [-0.4, -0.2) is 21.2 Å². The van der Waals surface area contributed by atoms with E-state index < -0.39 is 0 Å². The molecule has 2 aromatic carbocycles. The summed E-state index contributed by atoms with van der Waals surface area (Å²) in [6.45, 7) is 1.36. The van der Waals surface area contributed by atoms with Crippen LogP contribution < -0.4 is 5.32 Å². The zero-order chi connectivity index (χ0) is 16.6. The van der Waals surface area contributed by atoms with E-state index in [-0.39, 0.29) is 5.91 Å². The summed E-state index contributed by atoms with van der Waals surface area (Å²) in [5.74, 6) is 0.481. The van der Waals surface area contributed by atoms with Gasteiger partial charge in [0.25, 0.3) is 0 Å². The van der Waals surface area contributed by atoms with Gasteiger partial charge in [-0.3, -0.25) is 4.79 Å². The molecule has 0 aliphatic rings. The lowest BCUT2D eigenvalue weighted by Gasteiger charge is -2.07.